The van der Waals surface area contributed by atoms with Crippen molar-refractivity contribution < 1.29 is 14.3 Å². The molecule has 2 aromatic carbocycles. The second-order valence-corrected chi connectivity index (χ2v) is 6.68. The van der Waals surface area contributed by atoms with E-state index < -0.39 is 5.97 Å². The Kier molecular flexibility index (Phi) is 4.09. The lowest BCUT2D eigenvalue weighted by Gasteiger charge is -2.05. The number of Topliss-reactive ketones (excluding diaryl/α,β-unsaturated/α-hetero) is 1. The van der Waals surface area contributed by atoms with E-state index in [4.69, 9.17) is 4.74 Å². The standard InChI is InChI=1S/C17H11BrO3S/c1-10(19)16-15(13-7-2-3-8-14(13)22-16)21-17(20)11-5-4-6-12(18)9-11/h2-9H,1H3. The topological polar surface area (TPSA) is 43.4 Å². The number of esters is 1. The van der Waals surface area contributed by atoms with Crippen molar-refractivity contribution >= 4 is 49.1 Å². The quantitative estimate of drug-likeness (QED) is 0.473. The van der Waals surface area contributed by atoms with E-state index in [2.05, 4.69) is 15.9 Å². The van der Waals surface area contributed by atoms with Gasteiger partial charge in [0.05, 0.1) is 5.56 Å². The largest absolute Gasteiger partial charge is 0.421 e. The van der Waals surface area contributed by atoms with Gasteiger partial charge in [0.25, 0.3) is 0 Å². The number of carbonyl (C=O) groups excluding carboxylic acids is 2. The maximum Gasteiger partial charge on any atom is 0.343 e. The van der Waals surface area contributed by atoms with E-state index in [-0.39, 0.29) is 5.78 Å². The van der Waals surface area contributed by atoms with Gasteiger partial charge >= 0.3 is 5.97 Å². The van der Waals surface area contributed by atoms with Crippen LogP contribution in [0.15, 0.2) is 53.0 Å². The lowest BCUT2D eigenvalue weighted by atomic mass is 10.2. The summed E-state index contributed by atoms with van der Waals surface area (Å²) >= 11 is 4.66. The van der Waals surface area contributed by atoms with E-state index in [0.29, 0.717) is 16.2 Å². The van der Waals surface area contributed by atoms with Crippen LogP contribution in [0.3, 0.4) is 0 Å². The average Bonchev–Trinajstić information content (AvgIpc) is 2.86. The molecule has 1 heterocycles. The van der Waals surface area contributed by atoms with Crippen molar-refractivity contribution in [3.8, 4) is 5.75 Å². The third kappa shape index (κ3) is 2.82. The van der Waals surface area contributed by atoms with Gasteiger partial charge in [0.15, 0.2) is 11.5 Å². The zero-order chi connectivity index (χ0) is 15.7. The molecule has 5 heteroatoms. The average molecular weight is 375 g/mol. The molecule has 3 rings (SSSR count). The molecule has 3 aromatic rings. The Hall–Kier alpha value is -1.98. The van der Waals surface area contributed by atoms with Crippen molar-refractivity contribution in [1.29, 1.82) is 0 Å². The zero-order valence-corrected chi connectivity index (χ0v) is 14.0. The second-order valence-electron chi connectivity index (χ2n) is 4.71. The minimum atomic E-state index is -0.479. The third-order valence-electron chi connectivity index (χ3n) is 3.12. The molecule has 0 N–H and O–H groups in total. The predicted octanol–water partition coefficient (Wildman–Crippen LogP) is 5.09. The van der Waals surface area contributed by atoms with E-state index in [1.54, 1.807) is 18.2 Å². The highest BCUT2D eigenvalue weighted by molar-refractivity contribution is 9.10. The number of ether oxygens (including phenoxy) is 1. The molecule has 0 atom stereocenters. The molecule has 0 fully saturated rings. The Morgan fingerprint density at radius 3 is 2.59 bits per heavy atom. The van der Waals surface area contributed by atoms with Crippen LogP contribution in [0.1, 0.15) is 27.0 Å². The Morgan fingerprint density at radius 2 is 1.86 bits per heavy atom. The molecular weight excluding hydrogens is 364 g/mol. The van der Waals surface area contributed by atoms with Crippen LogP contribution in [0.25, 0.3) is 10.1 Å². The molecule has 110 valence electrons. The maximum atomic E-state index is 12.3. The van der Waals surface area contributed by atoms with Crippen molar-refractivity contribution in [1.82, 2.24) is 0 Å². The van der Waals surface area contributed by atoms with E-state index in [9.17, 15) is 9.59 Å². The summed E-state index contributed by atoms with van der Waals surface area (Å²) in [6.07, 6.45) is 0. The van der Waals surface area contributed by atoms with E-state index in [1.165, 1.54) is 18.3 Å². The second kappa shape index (κ2) is 6.02. The van der Waals surface area contributed by atoms with Crippen molar-refractivity contribution in [2.24, 2.45) is 0 Å². The molecule has 1 aromatic heterocycles. The third-order valence-corrected chi connectivity index (χ3v) is 4.87. The van der Waals surface area contributed by atoms with Crippen LogP contribution in [0, 0.1) is 0 Å². The predicted molar refractivity (Wildman–Crippen MR) is 90.9 cm³/mol. The van der Waals surface area contributed by atoms with Crippen molar-refractivity contribution in [2.45, 2.75) is 6.92 Å². The summed E-state index contributed by atoms with van der Waals surface area (Å²) in [5, 5.41) is 0.779. The first kappa shape index (κ1) is 14.9. The molecule has 0 radical (unpaired) electrons. The molecule has 0 saturated heterocycles. The number of halogens is 1. The molecule has 0 aliphatic heterocycles. The number of hydrogen-bond donors (Lipinski definition) is 0. The normalized spacial score (nSPS) is 10.6. The van der Waals surface area contributed by atoms with Crippen molar-refractivity contribution in [3.05, 3.63) is 63.4 Å². The van der Waals surface area contributed by atoms with Gasteiger partial charge in [0.1, 0.15) is 4.88 Å². The van der Waals surface area contributed by atoms with E-state index in [0.717, 1.165) is 14.6 Å². The van der Waals surface area contributed by atoms with E-state index in [1.807, 2.05) is 30.3 Å². The van der Waals surface area contributed by atoms with Gasteiger partial charge in [-0.15, -0.1) is 11.3 Å². The fourth-order valence-corrected chi connectivity index (χ4v) is 3.55. The summed E-state index contributed by atoms with van der Waals surface area (Å²) in [5.41, 5.74) is 0.430. The molecular formula is C17H11BrO3S. The minimum Gasteiger partial charge on any atom is -0.421 e. The minimum absolute atomic E-state index is 0.113. The molecule has 0 aliphatic carbocycles. The van der Waals surface area contributed by atoms with Crippen LogP contribution < -0.4 is 4.74 Å². The smallest absolute Gasteiger partial charge is 0.343 e. The fourth-order valence-electron chi connectivity index (χ4n) is 2.12. The summed E-state index contributed by atoms with van der Waals surface area (Å²) in [5.74, 6) is -0.247. The highest BCUT2D eigenvalue weighted by Gasteiger charge is 2.20. The van der Waals surface area contributed by atoms with Crippen molar-refractivity contribution in [3.63, 3.8) is 0 Å². The lowest BCUT2D eigenvalue weighted by molar-refractivity contribution is 0.0736. The first-order valence-corrected chi connectivity index (χ1v) is 8.17. The Bertz CT molecular complexity index is 882. The van der Waals surface area contributed by atoms with Gasteiger partial charge in [0.2, 0.25) is 0 Å². The summed E-state index contributed by atoms with van der Waals surface area (Å²) in [7, 11) is 0. The number of rotatable bonds is 3. The molecule has 0 bridgehead atoms. The van der Waals surface area contributed by atoms with Crippen LogP contribution in [-0.2, 0) is 0 Å². The molecule has 0 saturated carbocycles. The Balaban J connectivity index is 2.04. The van der Waals surface area contributed by atoms with Crippen LogP contribution in [-0.4, -0.2) is 11.8 Å². The molecule has 0 aliphatic rings. The highest BCUT2D eigenvalue weighted by Crippen LogP contribution is 2.38. The fraction of sp³-hybridized carbons (Fsp3) is 0.0588. The molecule has 0 unspecified atom stereocenters. The Labute approximate surface area is 139 Å². The number of thiophene rings is 1. The summed E-state index contributed by atoms with van der Waals surface area (Å²) in [6.45, 7) is 1.47. The summed E-state index contributed by atoms with van der Waals surface area (Å²) in [6, 6.07) is 14.5. The van der Waals surface area contributed by atoms with Gasteiger partial charge in [-0.25, -0.2) is 4.79 Å². The zero-order valence-electron chi connectivity index (χ0n) is 11.6. The van der Waals surface area contributed by atoms with Crippen LogP contribution in [0.4, 0.5) is 0 Å². The number of benzene rings is 2. The lowest BCUT2D eigenvalue weighted by Crippen LogP contribution is -2.09. The van der Waals surface area contributed by atoms with Crippen LogP contribution in [0.2, 0.25) is 0 Å². The van der Waals surface area contributed by atoms with Gasteiger partial charge < -0.3 is 4.74 Å². The maximum absolute atomic E-state index is 12.3. The number of ketones is 1. The number of hydrogen-bond acceptors (Lipinski definition) is 4. The number of fused-ring (bicyclic) bond motifs is 1. The summed E-state index contributed by atoms with van der Waals surface area (Å²) < 4.78 is 7.25. The van der Waals surface area contributed by atoms with Crippen LogP contribution >= 0.6 is 27.3 Å². The Morgan fingerprint density at radius 1 is 1.09 bits per heavy atom. The molecule has 0 spiro atoms. The molecule has 3 nitrogen and oxygen atoms in total. The van der Waals surface area contributed by atoms with Gasteiger partial charge in [-0.2, -0.15) is 0 Å². The van der Waals surface area contributed by atoms with Gasteiger partial charge in [-0.05, 0) is 30.3 Å². The van der Waals surface area contributed by atoms with Gasteiger partial charge in [-0.1, -0.05) is 34.1 Å². The first-order valence-electron chi connectivity index (χ1n) is 6.56. The first-order chi connectivity index (χ1) is 10.6. The summed E-state index contributed by atoms with van der Waals surface area (Å²) in [4.78, 5) is 24.6. The number of carbonyl (C=O) groups is 2. The molecule has 22 heavy (non-hydrogen) atoms. The van der Waals surface area contributed by atoms with Gasteiger partial charge in [-0.3, -0.25) is 4.79 Å². The van der Waals surface area contributed by atoms with Crippen LogP contribution in [0.5, 0.6) is 5.75 Å². The van der Waals surface area contributed by atoms with E-state index >= 15 is 0 Å². The molecule has 0 amide bonds. The van der Waals surface area contributed by atoms with Gasteiger partial charge in [0, 0.05) is 21.5 Å². The SMILES string of the molecule is CC(=O)c1sc2ccccc2c1OC(=O)c1cccc(Br)c1. The monoisotopic (exact) mass is 374 g/mol. The highest BCUT2D eigenvalue weighted by atomic mass is 79.9. The van der Waals surface area contributed by atoms with Crippen molar-refractivity contribution in [2.75, 3.05) is 0 Å².